The van der Waals surface area contributed by atoms with E-state index in [0.717, 1.165) is 27.3 Å². The zero-order valence-electron chi connectivity index (χ0n) is 14.3. The average molecular weight is 390 g/mol. The molecule has 1 N–H and O–H groups in total. The van der Waals surface area contributed by atoms with Gasteiger partial charge < -0.3 is 5.32 Å². The number of aromatic nitrogens is 2. The van der Waals surface area contributed by atoms with Crippen molar-refractivity contribution < 1.29 is 9.18 Å². The third kappa shape index (κ3) is 3.69. The summed E-state index contributed by atoms with van der Waals surface area (Å²) in [5.41, 5.74) is 0.629. The van der Waals surface area contributed by atoms with Crippen molar-refractivity contribution in [3.63, 3.8) is 0 Å². The number of nitrogens with zero attached hydrogens (tertiary/aromatic N) is 2. The number of carbonyl (C=O) groups excluding carboxylic acids is 1. The number of thioether (sulfide) groups is 1. The van der Waals surface area contributed by atoms with Gasteiger partial charge >= 0.3 is 0 Å². The molecule has 1 aromatic carbocycles. The van der Waals surface area contributed by atoms with Crippen molar-refractivity contribution in [1.82, 2.24) is 15.3 Å². The van der Waals surface area contributed by atoms with E-state index in [4.69, 9.17) is 0 Å². The van der Waals surface area contributed by atoms with Crippen LogP contribution in [0.2, 0.25) is 0 Å². The number of hydrogen-bond acceptors (Lipinski definition) is 5. The molecule has 0 spiro atoms. The Bertz CT molecular complexity index is 935. The van der Waals surface area contributed by atoms with E-state index >= 15 is 0 Å². The molecule has 0 atom stereocenters. The lowest BCUT2D eigenvalue weighted by atomic mass is 10.1. The minimum atomic E-state index is -0.269. The Morgan fingerprint density at radius 2 is 2.04 bits per heavy atom. The molecule has 2 aromatic heterocycles. The first-order valence-electron chi connectivity index (χ1n) is 8.96. The summed E-state index contributed by atoms with van der Waals surface area (Å²) in [5, 5.41) is 4.44. The van der Waals surface area contributed by atoms with E-state index in [1.165, 1.54) is 61.2 Å². The molecule has 2 heterocycles. The molecule has 0 radical (unpaired) electrons. The van der Waals surface area contributed by atoms with Gasteiger partial charge in [0.2, 0.25) is 5.91 Å². The lowest BCUT2D eigenvalue weighted by Gasteiger charge is -2.15. The molecule has 1 amide bonds. The fourth-order valence-corrected chi connectivity index (χ4v) is 5.54. The van der Waals surface area contributed by atoms with Gasteiger partial charge in [0, 0.05) is 10.7 Å². The van der Waals surface area contributed by atoms with Crippen molar-refractivity contribution >= 4 is 49.3 Å². The second-order valence-electron chi connectivity index (χ2n) is 6.62. The van der Waals surface area contributed by atoms with Crippen molar-refractivity contribution in [3.8, 4) is 0 Å². The van der Waals surface area contributed by atoms with Crippen LogP contribution in [0.1, 0.15) is 38.5 Å². The molecule has 26 heavy (non-hydrogen) atoms. The number of hydrogen-bond donors (Lipinski definition) is 1. The zero-order valence-corrected chi connectivity index (χ0v) is 16.0. The highest BCUT2D eigenvalue weighted by Gasteiger charge is 2.17. The minimum absolute atomic E-state index is 0.0425. The van der Waals surface area contributed by atoms with Gasteiger partial charge in [-0.1, -0.05) is 43.5 Å². The molecular formula is C19H20FN3OS2. The van der Waals surface area contributed by atoms with Crippen molar-refractivity contribution in [1.29, 1.82) is 0 Å². The van der Waals surface area contributed by atoms with E-state index in [9.17, 15) is 9.18 Å². The molecule has 0 unspecified atom stereocenters. The van der Waals surface area contributed by atoms with Crippen LogP contribution in [0.5, 0.6) is 0 Å². The molecule has 4 nitrogen and oxygen atoms in total. The largest absolute Gasteiger partial charge is 0.353 e. The fraction of sp³-hybridized carbons (Fsp3) is 0.421. The van der Waals surface area contributed by atoms with E-state index in [1.54, 1.807) is 6.07 Å². The summed E-state index contributed by atoms with van der Waals surface area (Å²) in [5.74, 6) is 0.0924. The number of carbonyl (C=O) groups is 1. The Kier molecular flexibility index (Phi) is 5.36. The van der Waals surface area contributed by atoms with E-state index in [0.29, 0.717) is 22.7 Å². The summed E-state index contributed by atoms with van der Waals surface area (Å²) in [7, 11) is 0. The maximum atomic E-state index is 14.2. The van der Waals surface area contributed by atoms with Crippen LogP contribution in [0.15, 0.2) is 29.6 Å². The third-order valence-corrected chi connectivity index (χ3v) is 7.03. The molecule has 0 saturated heterocycles. The Balaban J connectivity index is 1.49. The van der Waals surface area contributed by atoms with Gasteiger partial charge in [0.1, 0.15) is 17.2 Å². The van der Waals surface area contributed by atoms with Crippen LogP contribution >= 0.6 is 23.1 Å². The maximum absolute atomic E-state index is 14.2. The topological polar surface area (TPSA) is 54.9 Å². The number of halogens is 1. The van der Waals surface area contributed by atoms with Crippen LogP contribution in [-0.2, 0) is 4.79 Å². The van der Waals surface area contributed by atoms with Gasteiger partial charge in [-0.2, -0.15) is 0 Å². The molecule has 1 aliphatic rings. The summed E-state index contributed by atoms with van der Waals surface area (Å²) in [4.78, 5) is 20.9. The molecule has 7 heteroatoms. The molecule has 1 fully saturated rings. The van der Waals surface area contributed by atoms with Crippen molar-refractivity contribution in [3.05, 3.63) is 30.3 Å². The Morgan fingerprint density at radius 3 is 2.85 bits per heavy atom. The molecule has 3 aromatic rings. The molecule has 136 valence electrons. The van der Waals surface area contributed by atoms with Crippen molar-refractivity contribution in [2.45, 2.75) is 49.6 Å². The summed E-state index contributed by atoms with van der Waals surface area (Å²) in [6, 6.07) is 5.34. The highest BCUT2D eigenvalue weighted by Crippen LogP contribution is 2.38. The predicted octanol–water partition coefficient (Wildman–Crippen LogP) is 4.91. The average Bonchev–Trinajstić information content (AvgIpc) is 2.84. The summed E-state index contributed by atoms with van der Waals surface area (Å²) in [6.45, 7) is 0. The van der Waals surface area contributed by atoms with E-state index in [-0.39, 0.29) is 11.7 Å². The van der Waals surface area contributed by atoms with Gasteiger partial charge in [-0.25, -0.2) is 14.4 Å². The van der Waals surface area contributed by atoms with Crippen LogP contribution in [0.3, 0.4) is 0 Å². The smallest absolute Gasteiger partial charge is 0.230 e. The summed E-state index contributed by atoms with van der Waals surface area (Å²) >= 11 is 2.87. The third-order valence-electron chi connectivity index (χ3n) is 4.76. The SMILES string of the molecule is O=C(CSc1ncnc2c1sc1cccc(F)c12)NC1CCCCCC1. The van der Waals surface area contributed by atoms with E-state index in [1.807, 2.05) is 6.07 Å². The summed E-state index contributed by atoms with van der Waals surface area (Å²) in [6.07, 6.45) is 8.51. The molecule has 4 rings (SSSR count). The van der Waals surface area contributed by atoms with Gasteiger partial charge in [0.25, 0.3) is 0 Å². The van der Waals surface area contributed by atoms with Crippen LogP contribution in [-0.4, -0.2) is 27.7 Å². The second kappa shape index (κ2) is 7.88. The van der Waals surface area contributed by atoms with Gasteiger partial charge in [0.15, 0.2) is 0 Å². The van der Waals surface area contributed by atoms with E-state index in [2.05, 4.69) is 15.3 Å². The lowest BCUT2D eigenvalue weighted by Crippen LogP contribution is -2.35. The van der Waals surface area contributed by atoms with Crippen LogP contribution in [0.25, 0.3) is 20.3 Å². The standard InChI is InChI=1S/C19H20FN3OS2/c20-13-8-5-9-14-16(13)17-18(26-14)19(22-11-21-17)25-10-15(24)23-12-6-3-1-2-4-7-12/h5,8-9,11-12H,1-4,6-7,10H2,(H,23,24). The van der Waals surface area contributed by atoms with Crippen LogP contribution < -0.4 is 5.32 Å². The fourth-order valence-electron chi connectivity index (χ4n) is 3.49. The van der Waals surface area contributed by atoms with Crippen molar-refractivity contribution in [2.24, 2.45) is 0 Å². The molecule has 0 aliphatic heterocycles. The Hall–Kier alpha value is -1.73. The van der Waals surface area contributed by atoms with Gasteiger partial charge in [0.05, 0.1) is 21.4 Å². The Morgan fingerprint density at radius 1 is 1.23 bits per heavy atom. The zero-order chi connectivity index (χ0) is 17.9. The summed E-state index contributed by atoms with van der Waals surface area (Å²) < 4.78 is 15.9. The maximum Gasteiger partial charge on any atom is 0.230 e. The molecule has 1 saturated carbocycles. The monoisotopic (exact) mass is 389 g/mol. The number of thiophene rings is 1. The van der Waals surface area contributed by atoms with Gasteiger partial charge in [-0.15, -0.1) is 11.3 Å². The lowest BCUT2D eigenvalue weighted by molar-refractivity contribution is -0.119. The second-order valence-corrected chi connectivity index (χ2v) is 8.63. The first kappa shape index (κ1) is 17.7. The Labute approximate surface area is 159 Å². The van der Waals surface area contributed by atoms with Gasteiger partial charge in [-0.05, 0) is 25.0 Å². The minimum Gasteiger partial charge on any atom is -0.353 e. The quantitative estimate of drug-likeness (QED) is 0.391. The highest BCUT2D eigenvalue weighted by atomic mass is 32.2. The predicted molar refractivity (Wildman–Crippen MR) is 105 cm³/mol. The number of rotatable bonds is 4. The molecule has 1 aliphatic carbocycles. The molecule has 0 bridgehead atoms. The van der Waals surface area contributed by atoms with Crippen molar-refractivity contribution in [2.75, 3.05) is 5.75 Å². The number of benzene rings is 1. The number of amides is 1. The first-order chi connectivity index (χ1) is 12.7. The number of fused-ring (bicyclic) bond motifs is 3. The molecular weight excluding hydrogens is 369 g/mol. The van der Waals surface area contributed by atoms with E-state index < -0.39 is 0 Å². The first-order valence-corrected chi connectivity index (χ1v) is 10.8. The normalized spacial score (nSPS) is 16.0. The van der Waals surface area contributed by atoms with Crippen LogP contribution in [0.4, 0.5) is 4.39 Å². The number of nitrogens with one attached hydrogen (secondary N) is 1. The van der Waals surface area contributed by atoms with Gasteiger partial charge in [-0.3, -0.25) is 4.79 Å². The highest BCUT2D eigenvalue weighted by molar-refractivity contribution is 8.00. The van der Waals surface area contributed by atoms with Crippen LogP contribution in [0, 0.1) is 5.82 Å².